The van der Waals surface area contributed by atoms with Crippen LogP contribution in [0.1, 0.15) is 32.1 Å². The van der Waals surface area contributed by atoms with Crippen molar-refractivity contribution < 1.29 is 13.2 Å². The van der Waals surface area contributed by atoms with Crippen LogP contribution in [0.2, 0.25) is 0 Å². The zero-order valence-electron chi connectivity index (χ0n) is 11.8. The van der Waals surface area contributed by atoms with Gasteiger partial charge in [-0.25, -0.2) is 0 Å². The van der Waals surface area contributed by atoms with Gasteiger partial charge in [-0.2, -0.15) is 13.2 Å². The molecule has 0 radical (unpaired) electrons. The highest BCUT2D eigenvalue weighted by molar-refractivity contribution is 4.96. The Bertz CT molecular complexity index is 334. The van der Waals surface area contributed by atoms with E-state index in [4.69, 9.17) is 0 Å². The van der Waals surface area contributed by atoms with Gasteiger partial charge in [-0.05, 0) is 32.2 Å². The summed E-state index contributed by atoms with van der Waals surface area (Å²) in [4.78, 5) is 4.09. The Balaban J connectivity index is 1.47. The minimum atomic E-state index is -4.07. The fourth-order valence-corrected chi connectivity index (χ4v) is 4.11. The Morgan fingerprint density at radius 3 is 2.65 bits per heavy atom. The summed E-state index contributed by atoms with van der Waals surface area (Å²) in [5, 5.41) is 3.64. The average molecular weight is 291 g/mol. The number of nitrogens with zero attached hydrogens (tertiary/aromatic N) is 2. The lowest BCUT2D eigenvalue weighted by Gasteiger charge is -2.33. The van der Waals surface area contributed by atoms with E-state index in [0.29, 0.717) is 25.2 Å². The second-order valence-electron chi connectivity index (χ2n) is 6.50. The standard InChI is InChI=1S/C14H24F3N3/c15-14(16,17)10-19-7-4-11(9-19)18-12-5-8-20-6-2-1-3-13(12)20/h11-13,18H,1-10H2/t11-,12-,13-/m0/s1. The van der Waals surface area contributed by atoms with Gasteiger partial charge in [0.25, 0.3) is 0 Å². The molecule has 3 fully saturated rings. The lowest BCUT2D eigenvalue weighted by molar-refractivity contribution is -0.143. The molecule has 3 rings (SSSR count). The summed E-state index contributed by atoms with van der Waals surface area (Å²) >= 11 is 0. The molecule has 0 aromatic heterocycles. The molecule has 1 N–H and O–H groups in total. The van der Waals surface area contributed by atoms with Gasteiger partial charge in [0.2, 0.25) is 0 Å². The first-order valence-electron chi connectivity index (χ1n) is 7.80. The molecule has 3 saturated heterocycles. The van der Waals surface area contributed by atoms with Gasteiger partial charge in [0.05, 0.1) is 6.54 Å². The monoisotopic (exact) mass is 291 g/mol. The highest BCUT2D eigenvalue weighted by Crippen LogP contribution is 2.28. The largest absolute Gasteiger partial charge is 0.401 e. The Hall–Kier alpha value is -0.330. The molecule has 6 heteroatoms. The molecule has 0 aromatic carbocycles. The molecule has 3 aliphatic heterocycles. The Morgan fingerprint density at radius 2 is 1.85 bits per heavy atom. The van der Waals surface area contributed by atoms with Crippen LogP contribution in [0.25, 0.3) is 0 Å². The summed E-state index contributed by atoms with van der Waals surface area (Å²) in [6.07, 6.45) is 1.77. The number of hydrogen-bond acceptors (Lipinski definition) is 3. The smallest absolute Gasteiger partial charge is 0.308 e. The first-order valence-corrected chi connectivity index (χ1v) is 7.80. The summed E-state index contributed by atoms with van der Waals surface area (Å²) < 4.78 is 37.2. The van der Waals surface area contributed by atoms with E-state index in [9.17, 15) is 13.2 Å². The summed E-state index contributed by atoms with van der Waals surface area (Å²) in [6.45, 7) is 2.71. The van der Waals surface area contributed by atoms with Gasteiger partial charge in [0.15, 0.2) is 0 Å². The zero-order chi connectivity index (χ0) is 14.2. The van der Waals surface area contributed by atoms with Crippen LogP contribution in [-0.4, -0.2) is 66.8 Å². The Morgan fingerprint density at radius 1 is 1.00 bits per heavy atom. The third-order valence-corrected chi connectivity index (χ3v) is 4.98. The van der Waals surface area contributed by atoms with Crippen molar-refractivity contribution in [2.24, 2.45) is 0 Å². The maximum atomic E-state index is 12.4. The molecular formula is C14H24F3N3. The quantitative estimate of drug-likeness (QED) is 0.856. The van der Waals surface area contributed by atoms with Crippen LogP contribution in [0.4, 0.5) is 13.2 Å². The lowest BCUT2D eigenvalue weighted by atomic mass is 9.98. The molecule has 0 spiro atoms. The van der Waals surface area contributed by atoms with Gasteiger partial charge in [-0.1, -0.05) is 6.42 Å². The number of alkyl halides is 3. The summed E-state index contributed by atoms with van der Waals surface area (Å²) in [5.74, 6) is 0. The summed E-state index contributed by atoms with van der Waals surface area (Å²) in [5.41, 5.74) is 0. The van der Waals surface area contributed by atoms with Crippen molar-refractivity contribution >= 4 is 0 Å². The first-order chi connectivity index (χ1) is 9.51. The van der Waals surface area contributed by atoms with Crippen molar-refractivity contribution in [1.29, 1.82) is 0 Å². The number of nitrogens with one attached hydrogen (secondary N) is 1. The third kappa shape index (κ3) is 3.46. The van der Waals surface area contributed by atoms with Crippen LogP contribution < -0.4 is 5.32 Å². The van der Waals surface area contributed by atoms with Crippen LogP contribution in [0.3, 0.4) is 0 Å². The molecule has 20 heavy (non-hydrogen) atoms. The molecule has 0 aliphatic carbocycles. The zero-order valence-corrected chi connectivity index (χ0v) is 11.8. The van der Waals surface area contributed by atoms with Gasteiger partial charge in [-0.3, -0.25) is 9.80 Å². The minimum Gasteiger partial charge on any atom is -0.308 e. The normalized spacial score (nSPS) is 36.5. The second kappa shape index (κ2) is 5.81. The van der Waals surface area contributed by atoms with Crippen molar-refractivity contribution in [3.05, 3.63) is 0 Å². The highest BCUT2D eigenvalue weighted by Gasteiger charge is 2.39. The fourth-order valence-electron chi connectivity index (χ4n) is 4.11. The van der Waals surface area contributed by atoms with Crippen molar-refractivity contribution in [2.45, 2.75) is 56.4 Å². The fraction of sp³-hybridized carbons (Fsp3) is 1.00. The van der Waals surface area contributed by atoms with E-state index in [-0.39, 0.29) is 6.04 Å². The molecule has 0 unspecified atom stereocenters. The number of piperidine rings is 1. The molecule has 0 amide bonds. The molecule has 3 aliphatic rings. The lowest BCUT2D eigenvalue weighted by Crippen LogP contribution is -2.49. The molecule has 0 aromatic rings. The van der Waals surface area contributed by atoms with E-state index >= 15 is 0 Å². The maximum Gasteiger partial charge on any atom is 0.401 e. The van der Waals surface area contributed by atoms with E-state index < -0.39 is 12.7 Å². The number of rotatable bonds is 3. The van der Waals surface area contributed by atoms with E-state index in [1.165, 1.54) is 30.7 Å². The van der Waals surface area contributed by atoms with Crippen LogP contribution in [0, 0.1) is 0 Å². The Kier molecular flexibility index (Phi) is 4.24. The van der Waals surface area contributed by atoms with Gasteiger partial charge in [-0.15, -0.1) is 0 Å². The number of fused-ring (bicyclic) bond motifs is 1. The van der Waals surface area contributed by atoms with E-state index in [1.807, 2.05) is 0 Å². The molecule has 116 valence electrons. The maximum absolute atomic E-state index is 12.4. The van der Waals surface area contributed by atoms with E-state index in [0.717, 1.165) is 19.4 Å². The molecule has 3 atom stereocenters. The van der Waals surface area contributed by atoms with Gasteiger partial charge < -0.3 is 5.32 Å². The SMILES string of the molecule is FC(F)(F)CN1CC[C@H](N[C@H]2CCN3CCCC[C@@H]23)C1. The topological polar surface area (TPSA) is 18.5 Å². The third-order valence-electron chi connectivity index (χ3n) is 4.98. The Labute approximate surface area is 118 Å². The van der Waals surface area contributed by atoms with E-state index in [2.05, 4.69) is 10.2 Å². The van der Waals surface area contributed by atoms with Gasteiger partial charge in [0, 0.05) is 37.8 Å². The van der Waals surface area contributed by atoms with Crippen molar-refractivity contribution in [3.8, 4) is 0 Å². The minimum absolute atomic E-state index is 0.240. The van der Waals surface area contributed by atoms with Crippen LogP contribution >= 0.6 is 0 Å². The number of halogens is 3. The number of hydrogen-bond donors (Lipinski definition) is 1. The van der Waals surface area contributed by atoms with Crippen molar-refractivity contribution in [3.63, 3.8) is 0 Å². The highest BCUT2D eigenvalue weighted by atomic mass is 19.4. The van der Waals surface area contributed by atoms with Gasteiger partial charge in [0.1, 0.15) is 0 Å². The first kappa shape index (κ1) is 14.6. The predicted molar refractivity (Wildman–Crippen MR) is 71.7 cm³/mol. The van der Waals surface area contributed by atoms with Crippen molar-refractivity contribution in [2.75, 3.05) is 32.7 Å². The van der Waals surface area contributed by atoms with E-state index in [1.54, 1.807) is 0 Å². The van der Waals surface area contributed by atoms with Crippen LogP contribution in [0.5, 0.6) is 0 Å². The van der Waals surface area contributed by atoms with Crippen LogP contribution in [0.15, 0.2) is 0 Å². The molecule has 3 heterocycles. The van der Waals surface area contributed by atoms with Gasteiger partial charge >= 0.3 is 6.18 Å². The summed E-state index contributed by atoms with van der Waals surface area (Å²) in [6, 6.07) is 1.36. The summed E-state index contributed by atoms with van der Waals surface area (Å²) in [7, 11) is 0. The predicted octanol–water partition coefficient (Wildman–Crippen LogP) is 1.84. The second-order valence-corrected chi connectivity index (χ2v) is 6.50. The molecule has 0 saturated carbocycles. The molecule has 3 nitrogen and oxygen atoms in total. The van der Waals surface area contributed by atoms with Crippen LogP contribution in [-0.2, 0) is 0 Å². The van der Waals surface area contributed by atoms with Crippen molar-refractivity contribution in [1.82, 2.24) is 15.1 Å². The molecular weight excluding hydrogens is 267 g/mol. The number of likely N-dealkylation sites (tertiary alicyclic amines) is 1. The molecule has 0 bridgehead atoms. The average Bonchev–Trinajstić information content (AvgIpc) is 2.96.